The molecule has 0 unspecified atom stereocenters. The van der Waals surface area contributed by atoms with E-state index in [1.807, 2.05) is 6.92 Å². The Morgan fingerprint density at radius 3 is 2.78 bits per heavy atom. The molecule has 3 aromatic heterocycles. The van der Waals surface area contributed by atoms with Gasteiger partial charge in [0.05, 0.1) is 23.1 Å². The van der Waals surface area contributed by atoms with Crippen LogP contribution in [0.1, 0.15) is 15.5 Å². The fourth-order valence-corrected chi connectivity index (χ4v) is 2.84. The molecule has 23 heavy (non-hydrogen) atoms. The molecule has 3 aromatic rings. The number of aryl methyl sites for hydroxylation is 1. The predicted octanol–water partition coefficient (Wildman–Crippen LogP) is 3.29. The third kappa shape index (κ3) is 3.79. The van der Waals surface area contributed by atoms with Gasteiger partial charge in [-0.3, -0.25) is 4.79 Å². The Balaban J connectivity index is 1.83. The van der Waals surface area contributed by atoms with Gasteiger partial charge in [0.1, 0.15) is 16.5 Å². The lowest BCUT2D eigenvalue weighted by Gasteiger charge is -2.06. The summed E-state index contributed by atoms with van der Waals surface area (Å²) in [6.07, 6.45) is 6.19. The van der Waals surface area contributed by atoms with Gasteiger partial charge < -0.3 is 10.6 Å². The minimum absolute atomic E-state index is 0.296. The van der Waals surface area contributed by atoms with Gasteiger partial charge in [-0.15, -0.1) is 11.3 Å². The summed E-state index contributed by atoms with van der Waals surface area (Å²) in [5.74, 6) is -0.337. The van der Waals surface area contributed by atoms with Crippen molar-refractivity contribution in [3.8, 4) is 0 Å². The number of pyridine rings is 1. The van der Waals surface area contributed by atoms with Crippen LogP contribution in [-0.2, 0) is 0 Å². The van der Waals surface area contributed by atoms with Crippen LogP contribution in [0.4, 0.5) is 16.4 Å². The van der Waals surface area contributed by atoms with Crippen molar-refractivity contribution in [3.63, 3.8) is 0 Å². The number of aromatic nitrogens is 4. The second-order valence-corrected chi connectivity index (χ2v) is 6.07. The quantitative estimate of drug-likeness (QED) is 0.704. The van der Waals surface area contributed by atoms with Crippen molar-refractivity contribution in [2.45, 2.75) is 6.92 Å². The van der Waals surface area contributed by atoms with E-state index in [-0.39, 0.29) is 5.91 Å². The molecule has 0 bridgehead atoms. The number of hydrogen-bond donors (Lipinski definition) is 2. The second kappa shape index (κ2) is 6.67. The smallest absolute Gasteiger partial charge is 0.277 e. The molecule has 0 aromatic carbocycles. The highest BCUT2D eigenvalue weighted by molar-refractivity contribution is 7.16. The van der Waals surface area contributed by atoms with Crippen LogP contribution in [0, 0.1) is 6.92 Å². The Morgan fingerprint density at radius 2 is 2.04 bits per heavy atom. The van der Waals surface area contributed by atoms with Gasteiger partial charge in [-0.2, -0.15) is 0 Å². The minimum Gasteiger partial charge on any atom is -0.343 e. The summed E-state index contributed by atoms with van der Waals surface area (Å²) < 4.78 is 0. The van der Waals surface area contributed by atoms with Gasteiger partial charge in [0, 0.05) is 11.9 Å². The highest BCUT2D eigenvalue weighted by Gasteiger charge is 2.17. The molecule has 0 atom stereocenters. The molecule has 0 fully saturated rings. The highest BCUT2D eigenvalue weighted by Crippen LogP contribution is 2.28. The maximum Gasteiger partial charge on any atom is 0.277 e. The van der Waals surface area contributed by atoms with Gasteiger partial charge in [0.15, 0.2) is 5.69 Å². The number of rotatable bonds is 4. The molecule has 0 aliphatic rings. The summed E-state index contributed by atoms with van der Waals surface area (Å²) in [5.41, 5.74) is 1.52. The highest BCUT2D eigenvalue weighted by atomic mass is 35.5. The van der Waals surface area contributed by atoms with Gasteiger partial charge in [-0.05, 0) is 19.1 Å². The van der Waals surface area contributed by atoms with Gasteiger partial charge in [0.25, 0.3) is 5.91 Å². The van der Waals surface area contributed by atoms with E-state index in [9.17, 15) is 4.79 Å². The van der Waals surface area contributed by atoms with Gasteiger partial charge in [-0.1, -0.05) is 11.6 Å². The Labute approximate surface area is 140 Å². The molecule has 3 rings (SSSR count). The molecule has 2 N–H and O–H groups in total. The molecule has 0 aliphatic carbocycles. The Hall–Kier alpha value is -2.58. The first-order valence-corrected chi connectivity index (χ1v) is 7.73. The van der Waals surface area contributed by atoms with E-state index in [0.717, 1.165) is 5.01 Å². The molecule has 1 amide bonds. The summed E-state index contributed by atoms with van der Waals surface area (Å²) in [6.45, 7) is 1.83. The van der Waals surface area contributed by atoms with Crippen LogP contribution in [0.5, 0.6) is 0 Å². The van der Waals surface area contributed by atoms with Crippen LogP contribution in [-0.4, -0.2) is 25.8 Å². The summed E-state index contributed by atoms with van der Waals surface area (Å²) in [4.78, 5) is 28.5. The summed E-state index contributed by atoms with van der Waals surface area (Å²) in [5, 5.41) is 7.54. The van der Waals surface area contributed by atoms with Crippen molar-refractivity contribution < 1.29 is 4.79 Å². The fraction of sp³-hybridized carbons (Fsp3) is 0.0714. The molecule has 116 valence electrons. The van der Waals surface area contributed by atoms with E-state index in [2.05, 4.69) is 30.6 Å². The maximum absolute atomic E-state index is 12.4. The fourth-order valence-electron chi connectivity index (χ4n) is 1.83. The first-order chi connectivity index (χ1) is 11.1. The zero-order valence-corrected chi connectivity index (χ0v) is 13.5. The Morgan fingerprint density at radius 1 is 1.26 bits per heavy atom. The van der Waals surface area contributed by atoms with E-state index >= 15 is 0 Å². The number of nitrogens with zero attached hydrogens (tertiary/aromatic N) is 4. The lowest BCUT2D eigenvalue weighted by atomic mass is 10.3. The van der Waals surface area contributed by atoms with Crippen LogP contribution in [0.3, 0.4) is 0 Å². The van der Waals surface area contributed by atoms with Crippen LogP contribution in [0.25, 0.3) is 0 Å². The number of hydrogen-bond acceptors (Lipinski definition) is 7. The summed E-state index contributed by atoms with van der Waals surface area (Å²) in [6, 6.07) is 3.22. The molecular formula is C14H11ClN6OS. The third-order valence-electron chi connectivity index (χ3n) is 2.75. The van der Waals surface area contributed by atoms with Crippen molar-refractivity contribution in [3.05, 3.63) is 52.9 Å². The summed E-state index contributed by atoms with van der Waals surface area (Å²) in [7, 11) is 0. The predicted molar refractivity (Wildman–Crippen MR) is 89.4 cm³/mol. The zero-order chi connectivity index (χ0) is 16.2. The van der Waals surface area contributed by atoms with Crippen LogP contribution in [0.15, 0.2) is 37.1 Å². The molecule has 3 heterocycles. The number of amides is 1. The SMILES string of the molecule is Cc1nc(C(=O)Nc2ccnc(Cl)c2)c(Nc2cncnc2)s1. The monoisotopic (exact) mass is 346 g/mol. The molecule has 9 heteroatoms. The normalized spacial score (nSPS) is 10.3. The third-order valence-corrected chi connectivity index (χ3v) is 3.84. The summed E-state index contributed by atoms with van der Waals surface area (Å²) >= 11 is 7.19. The van der Waals surface area contributed by atoms with Crippen molar-refractivity contribution in [1.82, 2.24) is 19.9 Å². The lowest BCUT2D eigenvalue weighted by Crippen LogP contribution is -2.14. The maximum atomic E-state index is 12.4. The van der Waals surface area contributed by atoms with E-state index in [4.69, 9.17) is 11.6 Å². The standard InChI is InChI=1S/C14H11ClN6OS/c1-8-19-12(13(22)20-9-2-3-18-11(15)4-9)14(23-8)21-10-5-16-7-17-6-10/h2-7,21H,1H3,(H,18,20,22). The minimum atomic E-state index is -0.337. The number of carbonyl (C=O) groups is 1. The average molecular weight is 347 g/mol. The molecular weight excluding hydrogens is 336 g/mol. The second-order valence-electron chi connectivity index (χ2n) is 4.48. The van der Waals surface area contributed by atoms with Gasteiger partial charge >= 0.3 is 0 Å². The van der Waals surface area contributed by atoms with Gasteiger partial charge in [-0.25, -0.2) is 19.9 Å². The van der Waals surface area contributed by atoms with Crippen LogP contribution in [0.2, 0.25) is 5.15 Å². The number of halogens is 1. The Kier molecular flexibility index (Phi) is 4.45. The molecule has 0 saturated heterocycles. The molecule has 0 saturated carbocycles. The lowest BCUT2D eigenvalue weighted by molar-refractivity contribution is 0.102. The van der Waals surface area contributed by atoms with Crippen molar-refractivity contribution >= 4 is 45.2 Å². The first kappa shape index (κ1) is 15.3. The van der Waals surface area contributed by atoms with E-state index in [1.165, 1.54) is 23.9 Å². The largest absolute Gasteiger partial charge is 0.343 e. The topological polar surface area (TPSA) is 92.7 Å². The van der Waals surface area contributed by atoms with Crippen molar-refractivity contribution in [1.29, 1.82) is 0 Å². The first-order valence-electron chi connectivity index (χ1n) is 6.54. The van der Waals surface area contributed by atoms with E-state index < -0.39 is 0 Å². The Bertz CT molecular complexity index is 838. The van der Waals surface area contributed by atoms with Crippen LogP contribution < -0.4 is 10.6 Å². The molecule has 0 aliphatic heterocycles. The number of anilines is 3. The van der Waals surface area contributed by atoms with Crippen molar-refractivity contribution in [2.75, 3.05) is 10.6 Å². The number of thiazole rings is 1. The van der Waals surface area contributed by atoms with Crippen LogP contribution >= 0.6 is 22.9 Å². The van der Waals surface area contributed by atoms with E-state index in [0.29, 0.717) is 27.2 Å². The zero-order valence-electron chi connectivity index (χ0n) is 11.9. The number of carbonyl (C=O) groups excluding carboxylic acids is 1. The molecule has 0 radical (unpaired) electrons. The average Bonchev–Trinajstić information content (AvgIpc) is 2.89. The van der Waals surface area contributed by atoms with Gasteiger partial charge in [0.2, 0.25) is 0 Å². The molecule has 0 spiro atoms. The van der Waals surface area contributed by atoms with Crippen molar-refractivity contribution in [2.24, 2.45) is 0 Å². The molecule has 7 nitrogen and oxygen atoms in total. The number of nitrogens with one attached hydrogen (secondary N) is 2. The van der Waals surface area contributed by atoms with E-state index in [1.54, 1.807) is 24.5 Å².